The molecule has 0 fully saturated rings. The fraction of sp³-hybridized carbons (Fsp3) is 0.333. The van der Waals surface area contributed by atoms with E-state index in [1.54, 1.807) is 0 Å². The van der Waals surface area contributed by atoms with Crippen molar-refractivity contribution in [1.29, 1.82) is 0 Å². The van der Waals surface area contributed by atoms with Crippen molar-refractivity contribution in [2.45, 2.75) is 0 Å². The molecule has 1 heterocycles. The molecule has 66 valence electrons. The van der Waals surface area contributed by atoms with Crippen molar-refractivity contribution in [1.82, 2.24) is 9.97 Å². The maximum atomic E-state index is 4.96. The van der Waals surface area contributed by atoms with E-state index in [0.29, 0.717) is 21.0 Å². The van der Waals surface area contributed by atoms with Crippen molar-refractivity contribution >= 4 is 31.9 Å². The minimum Gasteiger partial charge on any atom is -0.480 e. The summed E-state index contributed by atoms with van der Waals surface area (Å²) in [4.78, 5) is 7.91. The second kappa shape index (κ2) is 4.04. The van der Waals surface area contributed by atoms with Crippen molar-refractivity contribution in [2.75, 3.05) is 14.2 Å². The third kappa shape index (κ3) is 1.87. The molecule has 0 aromatic carbocycles. The molecule has 0 radical (unpaired) electrons. The van der Waals surface area contributed by atoms with Gasteiger partial charge < -0.3 is 9.47 Å². The van der Waals surface area contributed by atoms with Gasteiger partial charge in [0.1, 0.15) is 4.47 Å². The average molecular weight is 298 g/mol. The van der Waals surface area contributed by atoms with E-state index < -0.39 is 0 Å². The Morgan fingerprint density at radius 1 is 1.00 bits per heavy atom. The number of hydrogen-bond acceptors (Lipinski definition) is 4. The van der Waals surface area contributed by atoms with Crippen LogP contribution < -0.4 is 9.47 Å². The first-order chi connectivity index (χ1) is 5.69. The van der Waals surface area contributed by atoms with Gasteiger partial charge >= 0.3 is 0 Å². The van der Waals surface area contributed by atoms with E-state index in [-0.39, 0.29) is 0 Å². The van der Waals surface area contributed by atoms with Gasteiger partial charge in [-0.25, -0.2) is 0 Å². The first kappa shape index (κ1) is 9.73. The smallest absolute Gasteiger partial charge is 0.235 e. The van der Waals surface area contributed by atoms with E-state index >= 15 is 0 Å². The molecule has 12 heavy (non-hydrogen) atoms. The van der Waals surface area contributed by atoms with E-state index in [1.165, 1.54) is 14.2 Å². The second-order valence-electron chi connectivity index (χ2n) is 1.83. The topological polar surface area (TPSA) is 44.2 Å². The third-order valence-electron chi connectivity index (χ3n) is 1.15. The van der Waals surface area contributed by atoms with Crippen LogP contribution in [0.25, 0.3) is 0 Å². The van der Waals surface area contributed by atoms with E-state index in [0.717, 1.165) is 0 Å². The summed E-state index contributed by atoms with van der Waals surface area (Å²) >= 11 is 6.37. The molecule has 0 aliphatic rings. The lowest BCUT2D eigenvalue weighted by molar-refractivity contribution is 0.364. The van der Waals surface area contributed by atoms with Crippen LogP contribution >= 0.6 is 31.9 Å². The summed E-state index contributed by atoms with van der Waals surface area (Å²) < 4.78 is 11.0. The zero-order chi connectivity index (χ0) is 9.14. The summed E-state index contributed by atoms with van der Waals surface area (Å²) in [5, 5.41) is 0. The van der Waals surface area contributed by atoms with Gasteiger partial charge in [0.05, 0.1) is 14.2 Å². The van der Waals surface area contributed by atoms with Gasteiger partial charge in [-0.05, 0) is 31.9 Å². The van der Waals surface area contributed by atoms with Crippen LogP contribution in [0.1, 0.15) is 0 Å². The van der Waals surface area contributed by atoms with E-state index in [1.807, 2.05) is 0 Å². The Kier molecular flexibility index (Phi) is 3.28. The molecule has 0 aliphatic heterocycles. The molecule has 0 aliphatic carbocycles. The van der Waals surface area contributed by atoms with Gasteiger partial charge in [-0.1, -0.05) is 0 Å². The molecule has 0 N–H and O–H groups in total. The molecule has 6 heteroatoms. The van der Waals surface area contributed by atoms with Crippen molar-refractivity contribution < 1.29 is 9.47 Å². The molecular weight excluding hydrogens is 292 g/mol. The first-order valence-electron chi connectivity index (χ1n) is 3.00. The van der Waals surface area contributed by atoms with Crippen LogP contribution in [0.5, 0.6) is 11.8 Å². The van der Waals surface area contributed by atoms with Gasteiger partial charge in [0, 0.05) is 0 Å². The molecule has 0 bridgehead atoms. The Morgan fingerprint density at radius 2 is 1.42 bits per heavy atom. The SMILES string of the molecule is COc1nc(Br)nc(OC)c1Br. The van der Waals surface area contributed by atoms with Crippen molar-refractivity contribution in [3.05, 3.63) is 9.21 Å². The van der Waals surface area contributed by atoms with Crippen LogP contribution in [0, 0.1) is 0 Å². The van der Waals surface area contributed by atoms with Crippen LogP contribution in [-0.4, -0.2) is 24.2 Å². The fourth-order valence-corrected chi connectivity index (χ4v) is 1.48. The molecular formula is C6H6Br2N2O2. The minimum atomic E-state index is 0.430. The Balaban J connectivity index is 3.22. The highest BCUT2D eigenvalue weighted by Crippen LogP contribution is 2.31. The van der Waals surface area contributed by atoms with Crippen LogP contribution in [0.15, 0.2) is 9.21 Å². The fourth-order valence-electron chi connectivity index (χ4n) is 0.653. The monoisotopic (exact) mass is 296 g/mol. The number of aromatic nitrogens is 2. The lowest BCUT2D eigenvalue weighted by Gasteiger charge is -2.05. The van der Waals surface area contributed by atoms with Gasteiger partial charge in [0.2, 0.25) is 16.5 Å². The zero-order valence-corrected chi connectivity index (χ0v) is 9.64. The lowest BCUT2D eigenvalue weighted by atomic mass is 10.6. The molecule has 0 spiro atoms. The predicted octanol–water partition coefficient (Wildman–Crippen LogP) is 2.02. The standard InChI is InChI=1S/C6H6Br2N2O2/c1-11-4-3(7)5(12-2)10-6(8)9-4/h1-2H3. The highest BCUT2D eigenvalue weighted by Gasteiger charge is 2.11. The summed E-state index contributed by atoms with van der Waals surface area (Å²) in [6, 6.07) is 0. The molecule has 1 aromatic rings. The van der Waals surface area contributed by atoms with Gasteiger partial charge in [-0.15, -0.1) is 0 Å². The molecule has 1 rings (SSSR count). The minimum absolute atomic E-state index is 0.430. The van der Waals surface area contributed by atoms with Gasteiger partial charge in [0.15, 0.2) is 0 Å². The third-order valence-corrected chi connectivity index (χ3v) is 2.18. The molecule has 4 nitrogen and oxygen atoms in total. The molecule has 0 saturated heterocycles. The normalized spacial score (nSPS) is 9.67. The molecule has 0 amide bonds. The Labute approximate surface area is 86.6 Å². The summed E-state index contributed by atoms with van der Waals surface area (Å²) in [6.45, 7) is 0. The Bertz CT molecular complexity index is 268. The van der Waals surface area contributed by atoms with Crippen LogP contribution in [0.4, 0.5) is 0 Å². The van der Waals surface area contributed by atoms with E-state index in [2.05, 4.69) is 41.8 Å². The summed E-state index contributed by atoms with van der Waals surface area (Å²) in [6.07, 6.45) is 0. The number of nitrogens with zero attached hydrogens (tertiary/aromatic N) is 2. The summed E-state index contributed by atoms with van der Waals surface area (Å²) in [7, 11) is 3.05. The van der Waals surface area contributed by atoms with Crippen LogP contribution in [0.2, 0.25) is 0 Å². The summed E-state index contributed by atoms with van der Waals surface area (Å²) in [5.41, 5.74) is 0. The first-order valence-corrected chi connectivity index (χ1v) is 4.58. The van der Waals surface area contributed by atoms with Gasteiger partial charge in [-0.2, -0.15) is 9.97 Å². The van der Waals surface area contributed by atoms with E-state index in [4.69, 9.17) is 9.47 Å². The molecule has 0 atom stereocenters. The average Bonchev–Trinajstić information content (AvgIpc) is 2.08. The van der Waals surface area contributed by atoms with E-state index in [9.17, 15) is 0 Å². The van der Waals surface area contributed by atoms with Crippen molar-refractivity contribution in [3.8, 4) is 11.8 Å². The van der Waals surface area contributed by atoms with Crippen LogP contribution in [-0.2, 0) is 0 Å². The van der Waals surface area contributed by atoms with Gasteiger partial charge in [0.25, 0.3) is 0 Å². The highest BCUT2D eigenvalue weighted by molar-refractivity contribution is 9.11. The predicted molar refractivity (Wildman–Crippen MR) is 50.5 cm³/mol. The number of ether oxygens (including phenoxy) is 2. The largest absolute Gasteiger partial charge is 0.480 e. The summed E-state index contributed by atoms with van der Waals surface area (Å²) in [5.74, 6) is 0.877. The lowest BCUT2D eigenvalue weighted by Crippen LogP contribution is -1.96. The van der Waals surface area contributed by atoms with Gasteiger partial charge in [-0.3, -0.25) is 0 Å². The molecule has 0 saturated carbocycles. The number of halogens is 2. The zero-order valence-electron chi connectivity index (χ0n) is 6.47. The number of rotatable bonds is 2. The number of methoxy groups -OCH3 is 2. The van der Waals surface area contributed by atoms with Crippen molar-refractivity contribution in [2.24, 2.45) is 0 Å². The highest BCUT2D eigenvalue weighted by atomic mass is 79.9. The maximum absolute atomic E-state index is 4.96. The quantitative estimate of drug-likeness (QED) is 0.784. The Morgan fingerprint density at radius 3 is 1.75 bits per heavy atom. The number of hydrogen-bond donors (Lipinski definition) is 0. The van der Waals surface area contributed by atoms with Crippen molar-refractivity contribution in [3.63, 3.8) is 0 Å². The Hall–Kier alpha value is -0.360. The van der Waals surface area contributed by atoms with Crippen LogP contribution in [0.3, 0.4) is 0 Å². The molecule has 1 aromatic heterocycles. The second-order valence-corrected chi connectivity index (χ2v) is 3.33. The maximum Gasteiger partial charge on any atom is 0.235 e. The molecule has 0 unspecified atom stereocenters.